The molecule has 1 aliphatic rings. The smallest absolute Gasteiger partial charge is 0.270 e. The largest absolute Gasteiger partial charge is 0.366 e. The molecule has 1 saturated heterocycles. The van der Waals surface area contributed by atoms with E-state index in [-0.39, 0.29) is 17.5 Å². The van der Waals surface area contributed by atoms with E-state index in [4.69, 9.17) is 0 Å². The first-order valence-electron chi connectivity index (χ1n) is 8.41. The van der Waals surface area contributed by atoms with Crippen LogP contribution in [0.3, 0.4) is 0 Å². The van der Waals surface area contributed by atoms with Crippen LogP contribution in [0.25, 0.3) is 0 Å². The molecule has 2 aromatic rings. The zero-order valence-corrected chi connectivity index (χ0v) is 14.7. The molecule has 0 radical (unpaired) electrons. The van der Waals surface area contributed by atoms with E-state index in [1.54, 1.807) is 23.1 Å². The van der Waals surface area contributed by atoms with Crippen LogP contribution in [-0.4, -0.2) is 53.5 Å². The van der Waals surface area contributed by atoms with Crippen LogP contribution in [0.4, 0.5) is 10.1 Å². The number of carbonyl (C=O) groups excluding carboxylic acids is 3. The number of aromatic nitrogens is 1. The van der Waals surface area contributed by atoms with Gasteiger partial charge in [0.05, 0.1) is 5.69 Å². The Labute approximate surface area is 150 Å². The fourth-order valence-electron chi connectivity index (χ4n) is 3.02. The van der Waals surface area contributed by atoms with Crippen molar-refractivity contribution in [2.45, 2.75) is 13.8 Å². The van der Waals surface area contributed by atoms with Crippen molar-refractivity contribution in [2.24, 2.45) is 0 Å². The molecule has 0 aliphatic carbocycles. The van der Waals surface area contributed by atoms with Crippen molar-refractivity contribution < 1.29 is 18.8 Å². The van der Waals surface area contributed by atoms with Gasteiger partial charge in [0.15, 0.2) is 11.6 Å². The van der Waals surface area contributed by atoms with Crippen LogP contribution >= 0.6 is 0 Å². The van der Waals surface area contributed by atoms with E-state index < -0.39 is 5.82 Å². The Morgan fingerprint density at radius 2 is 1.62 bits per heavy atom. The summed E-state index contributed by atoms with van der Waals surface area (Å²) in [5.41, 5.74) is 1.62. The molecule has 0 atom stereocenters. The van der Waals surface area contributed by atoms with Crippen molar-refractivity contribution in [3.8, 4) is 0 Å². The van der Waals surface area contributed by atoms with E-state index in [0.29, 0.717) is 48.7 Å². The third-order valence-electron chi connectivity index (χ3n) is 4.58. The lowest BCUT2D eigenvalue weighted by atomic mass is 10.1. The van der Waals surface area contributed by atoms with Crippen LogP contribution in [0, 0.1) is 5.82 Å². The normalized spacial score (nSPS) is 14.4. The third kappa shape index (κ3) is 3.51. The second-order valence-corrected chi connectivity index (χ2v) is 6.36. The molecule has 1 amide bonds. The quantitative estimate of drug-likeness (QED) is 0.854. The average molecular weight is 357 g/mol. The number of rotatable bonds is 4. The number of benzene rings is 1. The summed E-state index contributed by atoms with van der Waals surface area (Å²) in [4.78, 5) is 41.6. The molecule has 3 rings (SSSR count). The van der Waals surface area contributed by atoms with Gasteiger partial charge in [-0.25, -0.2) is 4.39 Å². The zero-order valence-electron chi connectivity index (χ0n) is 14.7. The summed E-state index contributed by atoms with van der Waals surface area (Å²) in [5, 5.41) is 0. The summed E-state index contributed by atoms with van der Waals surface area (Å²) >= 11 is 0. The molecule has 0 spiro atoms. The summed E-state index contributed by atoms with van der Waals surface area (Å²) in [7, 11) is 0. The van der Waals surface area contributed by atoms with Gasteiger partial charge in [-0.15, -0.1) is 0 Å². The van der Waals surface area contributed by atoms with Crippen LogP contribution in [-0.2, 0) is 0 Å². The van der Waals surface area contributed by atoms with Gasteiger partial charge < -0.3 is 14.8 Å². The lowest BCUT2D eigenvalue weighted by Gasteiger charge is -2.36. The highest BCUT2D eigenvalue weighted by molar-refractivity contribution is 5.99. The van der Waals surface area contributed by atoms with Crippen LogP contribution in [0.15, 0.2) is 30.5 Å². The minimum atomic E-state index is -0.437. The Kier molecular flexibility index (Phi) is 4.88. The van der Waals surface area contributed by atoms with Gasteiger partial charge in [-0.1, -0.05) is 0 Å². The standard InChI is InChI=1S/C19H20FN3O3/c1-12(24)14-3-4-18(16(20)9-14)22-5-7-23(8-6-22)19(26)17-10-15(11-21-17)13(2)25/h3-4,9-11,21H,5-8H2,1-2H3. The van der Waals surface area contributed by atoms with Gasteiger partial charge in [0, 0.05) is 43.5 Å². The lowest BCUT2D eigenvalue weighted by molar-refractivity contribution is 0.0741. The highest BCUT2D eigenvalue weighted by Gasteiger charge is 2.25. The fourth-order valence-corrected chi connectivity index (χ4v) is 3.02. The molecule has 0 bridgehead atoms. The van der Waals surface area contributed by atoms with Gasteiger partial charge in [-0.05, 0) is 38.1 Å². The number of aromatic amines is 1. The Morgan fingerprint density at radius 3 is 2.15 bits per heavy atom. The monoisotopic (exact) mass is 357 g/mol. The minimum Gasteiger partial charge on any atom is -0.366 e. The summed E-state index contributed by atoms with van der Waals surface area (Å²) in [6.07, 6.45) is 1.53. The number of nitrogens with zero attached hydrogens (tertiary/aromatic N) is 2. The van der Waals surface area contributed by atoms with E-state index >= 15 is 0 Å². The second kappa shape index (κ2) is 7.11. The van der Waals surface area contributed by atoms with Crippen molar-refractivity contribution in [3.63, 3.8) is 0 Å². The number of amides is 1. The summed E-state index contributed by atoms with van der Waals surface area (Å²) in [6, 6.07) is 6.02. The molecule has 2 heterocycles. The Bertz CT molecular complexity index is 867. The maximum atomic E-state index is 14.3. The number of halogens is 1. The number of carbonyl (C=O) groups is 3. The van der Waals surface area contributed by atoms with Crippen LogP contribution in [0.2, 0.25) is 0 Å². The van der Waals surface area contributed by atoms with Crippen molar-refractivity contribution in [2.75, 3.05) is 31.1 Å². The molecule has 7 heteroatoms. The molecule has 1 N–H and O–H groups in total. The molecule has 1 aromatic heterocycles. The maximum Gasteiger partial charge on any atom is 0.270 e. The number of Topliss-reactive ketones (excluding diaryl/α,β-unsaturated/α-hetero) is 2. The van der Waals surface area contributed by atoms with E-state index in [9.17, 15) is 18.8 Å². The number of piperazine rings is 1. The van der Waals surface area contributed by atoms with Gasteiger partial charge in [0.25, 0.3) is 5.91 Å². The van der Waals surface area contributed by atoms with Gasteiger partial charge in [0.1, 0.15) is 11.5 Å². The SMILES string of the molecule is CC(=O)c1c[nH]c(C(=O)N2CCN(c3ccc(C(C)=O)cc3F)CC2)c1. The first kappa shape index (κ1) is 17.8. The molecular weight excluding hydrogens is 337 g/mol. The lowest BCUT2D eigenvalue weighted by Crippen LogP contribution is -2.49. The Hall–Kier alpha value is -2.96. The van der Waals surface area contributed by atoms with Gasteiger partial charge >= 0.3 is 0 Å². The van der Waals surface area contributed by atoms with Crippen LogP contribution in [0.5, 0.6) is 0 Å². The van der Waals surface area contributed by atoms with Crippen molar-refractivity contribution >= 4 is 23.2 Å². The molecule has 136 valence electrons. The molecule has 0 unspecified atom stereocenters. The van der Waals surface area contributed by atoms with Crippen LogP contribution in [0.1, 0.15) is 45.1 Å². The number of nitrogens with one attached hydrogen (secondary N) is 1. The number of hydrogen-bond donors (Lipinski definition) is 1. The molecule has 1 aromatic carbocycles. The average Bonchev–Trinajstić information content (AvgIpc) is 3.11. The number of ketones is 2. The number of H-pyrrole nitrogens is 1. The Morgan fingerprint density at radius 1 is 0.962 bits per heavy atom. The predicted molar refractivity (Wildman–Crippen MR) is 95.3 cm³/mol. The molecule has 0 saturated carbocycles. The first-order chi connectivity index (χ1) is 12.4. The van der Waals surface area contributed by atoms with Crippen LogP contribution < -0.4 is 4.90 Å². The maximum absolute atomic E-state index is 14.3. The summed E-state index contributed by atoms with van der Waals surface area (Å²) in [6.45, 7) is 4.71. The molecular formula is C19H20FN3O3. The van der Waals surface area contributed by atoms with E-state index in [1.807, 2.05) is 4.90 Å². The highest BCUT2D eigenvalue weighted by atomic mass is 19.1. The zero-order chi connectivity index (χ0) is 18.8. The van der Waals surface area contributed by atoms with Gasteiger partial charge in [-0.3, -0.25) is 14.4 Å². The Balaban J connectivity index is 1.66. The summed E-state index contributed by atoms with van der Waals surface area (Å²) < 4.78 is 14.3. The van der Waals surface area contributed by atoms with Gasteiger partial charge in [0.2, 0.25) is 0 Å². The minimum absolute atomic E-state index is 0.102. The van der Waals surface area contributed by atoms with E-state index in [2.05, 4.69) is 4.98 Å². The van der Waals surface area contributed by atoms with Crippen molar-refractivity contribution in [1.29, 1.82) is 0 Å². The second-order valence-electron chi connectivity index (χ2n) is 6.36. The summed E-state index contributed by atoms with van der Waals surface area (Å²) in [5.74, 6) is -0.895. The van der Waals surface area contributed by atoms with Gasteiger partial charge in [-0.2, -0.15) is 0 Å². The molecule has 26 heavy (non-hydrogen) atoms. The highest BCUT2D eigenvalue weighted by Crippen LogP contribution is 2.23. The predicted octanol–water partition coefficient (Wildman–Crippen LogP) is 2.52. The van der Waals surface area contributed by atoms with Crippen molar-refractivity contribution in [1.82, 2.24) is 9.88 Å². The molecule has 1 fully saturated rings. The first-order valence-corrected chi connectivity index (χ1v) is 8.41. The van der Waals surface area contributed by atoms with E-state index in [0.717, 1.165) is 0 Å². The topological polar surface area (TPSA) is 73.5 Å². The molecule has 1 aliphatic heterocycles. The number of hydrogen-bond acceptors (Lipinski definition) is 4. The van der Waals surface area contributed by atoms with E-state index in [1.165, 1.54) is 26.1 Å². The fraction of sp³-hybridized carbons (Fsp3) is 0.316. The molecule has 6 nitrogen and oxygen atoms in total. The third-order valence-corrected chi connectivity index (χ3v) is 4.58. The number of anilines is 1. The van der Waals surface area contributed by atoms with Crippen molar-refractivity contribution in [3.05, 3.63) is 53.1 Å².